The van der Waals surface area contributed by atoms with E-state index in [-0.39, 0.29) is 23.3 Å². The number of carbonyl (C=O) groups is 2. The van der Waals surface area contributed by atoms with Gasteiger partial charge in [0.25, 0.3) is 0 Å². The molecule has 0 amide bonds. The van der Waals surface area contributed by atoms with Crippen molar-refractivity contribution in [3.63, 3.8) is 0 Å². The normalized spacial score (nSPS) is 15.3. The molecule has 0 unspecified atom stereocenters. The van der Waals surface area contributed by atoms with E-state index in [1.807, 2.05) is 0 Å². The van der Waals surface area contributed by atoms with Crippen molar-refractivity contribution in [3.8, 4) is 0 Å². The molecule has 0 N–H and O–H groups in total. The van der Waals surface area contributed by atoms with Crippen molar-refractivity contribution in [1.29, 1.82) is 0 Å². The number of carbonyl (C=O) groups excluding carboxylic acids is 2. The van der Waals surface area contributed by atoms with Crippen LogP contribution in [0.1, 0.15) is 144 Å². The molecule has 0 bridgehead atoms. The molecule has 4 heteroatoms. The van der Waals surface area contributed by atoms with Crippen LogP contribution in [0.25, 0.3) is 0 Å². The highest BCUT2D eigenvalue weighted by atomic mass is 16.5. The van der Waals surface area contributed by atoms with Gasteiger partial charge in [0.1, 0.15) is 0 Å². The van der Waals surface area contributed by atoms with Gasteiger partial charge in [0.2, 0.25) is 0 Å². The molecule has 1 aliphatic carbocycles. The molecule has 0 saturated heterocycles. The Balaban J connectivity index is 2.83. The lowest BCUT2D eigenvalue weighted by Gasteiger charge is -2.24. The minimum atomic E-state index is -0.304. The molecule has 0 aromatic heterocycles. The first kappa shape index (κ1) is 30.7. The number of rotatable bonds is 18. The van der Waals surface area contributed by atoms with Crippen LogP contribution < -0.4 is 0 Å². The molecule has 0 aromatic rings. The Kier molecular flexibility index (Phi) is 16.3. The largest absolute Gasteiger partial charge is 0.462 e. The fourth-order valence-corrected chi connectivity index (χ4v) is 4.82. The molecular weight excluding hydrogens is 424 g/mol. The summed E-state index contributed by atoms with van der Waals surface area (Å²) in [4.78, 5) is 26.5. The van der Waals surface area contributed by atoms with Gasteiger partial charge >= 0.3 is 11.9 Å². The zero-order valence-electron chi connectivity index (χ0n) is 23.1. The third-order valence-corrected chi connectivity index (χ3v) is 6.72. The summed E-state index contributed by atoms with van der Waals surface area (Å²) >= 11 is 0. The van der Waals surface area contributed by atoms with Gasteiger partial charge < -0.3 is 9.47 Å². The maximum atomic E-state index is 13.3. The first-order chi connectivity index (χ1) is 16.3. The van der Waals surface area contributed by atoms with Gasteiger partial charge in [-0.25, -0.2) is 9.59 Å². The van der Waals surface area contributed by atoms with Crippen LogP contribution in [0.4, 0.5) is 0 Å². The van der Waals surface area contributed by atoms with Crippen LogP contribution in [0.5, 0.6) is 0 Å². The van der Waals surface area contributed by atoms with Gasteiger partial charge in [-0.05, 0) is 43.4 Å². The second-order valence-corrected chi connectivity index (χ2v) is 11.4. The molecule has 1 fully saturated rings. The van der Waals surface area contributed by atoms with Crippen LogP contribution in [0.3, 0.4) is 0 Å². The second-order valence-electron chi connectivity index (χ2n) is 11.4. The number of esters is 2. The molecule has 1 rings (SSSR count). The van der Waals surface area contributed by atoms with Crippen molar-refractivity contribution in [3.05, 3.63) is 11.1 Å². The Morgan fingerprint density at radius 3 is 1.59 bits per heavy atom. The SMILES string of the molecule is CCCCCCCCOC(=O)C(CC(C)(C)C)=C(C(=O)OCCCCCCCC)C1CCCC1. The zero-order chi connectivity index (χ0) is 25.2. The summed E-state index contributed by atoms with van der Waals surface area (Å²) in [5.74, 6) is -0.464. The third-order valence-electron chi connectivity index (χ3n) is 6.72. The summed E-state index contributed by atoms with van der Waals surface area (Å²) in [5.41, 5.74) is 1.07. The van der Waals surface area contributed by atoms with E-state index < -0.39 is 0 Å². The van der Waals surface area contributed by atoms with Crippen LogP contribution in [-0.4, -0.2) is 25.2 Å². The lowest BCUT2D eigenvalue weighted by atomic mass is 9.82. The Morgan fingerprint density at radius 1 is 0.676 bits per heavy atom. The van der Waals surface area contributed by atoms with Crippen molar-refractivity contribution in [1.82, 2.24) is 0 Å². The topological polar surface area (TPSA) is 52.6 Å². The van der Waals surface area contributed by atoms with E-state index in [1.165, 1.54) is 51.4 Å². The highest BCUT2D eigenvalue weighted by Gasteiger charge is 2.33. The molecule has 0 radical (unpaired) electrons. The Bertz CT molecular complexity index is 593. The van der Waals surface area contributed by atoms with Gasteiger partial charge in [0.05, 0.1) is 18.8 Å². The molecule has 4 nitrogen and oxygen atoms in total. The molecule has 0 aromatic carbocycles. The quantitative estimate of drug-likeness (QED) is 0.112. The maximum absolute atomic E-state index is 13.3. The highest BCUT2D eigenvalue weighted by molar-refractivity contribution is 6.00. The molecule has 198 valence electrons. The van der Waals surface area contributed by atoms with Crippen molar-refractivity contribution >= 4 is 11.9 Å². The Labute approximate surface area is 210 Å². The maximum Gasteiger partial charge on any atom is 0.334 e. The van der Waals surface area contributed by atoms with Gasteiger partial charge in [-0.1, -0.05) is 112 Å². The van der Waals surface area contributed by atoms with E-state index in [1.54, 1.807) is 0 Å². The highest BCUT2D eigenvalue weighted by Crippen LogP contribution is 2.37. The van der Waals surface area contributed by atoms with Crippen molar-refractivity contribution in [2.75, 3.05) is 13.2 Å². The first-order valence-electron chi connectivity index (χ1n) is 14.4. The van der Waals surface area contributed by atoms with Crippen LogP contribution in [0.2, 0.25) is 0 Å². The van der Waals surface area contributed by atoms with E-state index in [2.05, 4.69) is 34.6 Å². The summed E-state index contributed by atoms with van der Waals surface area (Å²) in [6.07, 6.45) is 18.5. The van der Waals surface area contributed by atoms with E-state index in [4.69, 9.17) is 9.47 Å². The smallest absolute Gasteiger partial charge is 0.334 e. The molecule has 1 saturated carbocycles. The van der Waals surface area contributed by atoms with Crippen molar-refractivity contribution < 1.29 is 19.1 Å². The summed E-state index contributed by atoms with van der Waals surface area (Å²) in [7, 11) is 0. The number of ether oxygens (including phenoxy) is 2. The molecule has 0 spiro atoms. The van der Waals surface area contributed by atoms with E-state index in [9.17, 15) is 9.59 Å². The summed E-state index contributed by atoms with van der Waals surface area (Å²) in [5, 5.41) is 0. The van der Waals surface area contributed by atoms with Gasteiger partial charge in [0, 0.05) is 5.57 Å². The third kappa shape index (κ3) is 13.5. The molecule has 0 aliphatic heterocycles. The average Bonchev–Trinajstić information content (AvgIpc) is 3.30. The van der Waals surface area contributed by atoms with Gasteiger partial charge in [0.15, 0.2) is 0 Å². The fourth-order valence-electron chi connectivity index (χ4n) is 4.82. The van der Waals surface area contributed by atoms with Crippen LogP contribution >= 0.6 is 0 Å². The lowest BCUT2D eigenvalue weighted by Crippen LogP contribution is -2.24. The zero-order valence-corrected chi connectivity index (χ0v) is 23.1. The lowest BCUT2D eigenvalue weighted by molar-refractivity contribution is -0.143. The molecular formula is C30H54O4. The van der Waals surface area contributed by atoms with Crippen molar-refractivity contribution in [2.45, 2.75) is 144 Å². The summed E-state index contributed by atoms with van der Waals surface area (Å²) in [6, 6.07) is 0. The van der Waals surface area contributed by atoms with Gasteiger partial charge in [-0.2, -0.15) is 0 Å². The minimum Gasteiger partial charge on any atom is -0.462 e. The van der Waals surface area contributed by atoms with Gasteiger partial charge in [-0.3, -0.25) is 0 Å². The first-order valence-corrected chi connectivity index (χ1v) is 14.4. The summed E-state index contributed by atoms with van der Waals surface area (Å²) < 4.78 is 11.5. The number of hydrogen-bond donors (Lipinski definition) is 0. The predicted octanol–water partition coefficient (Wildman–Crippen LogP) is 8.72. The number of unbranched alkanes of at least 4 members (excludes halogenated alkanes) is 10. The second kappa shape index (κ2) is 18.0. The van der Waals surface area contributed by atoms with Crippen LogP contribution in [-0.2, 0) is 19.1 Å². The van der Waals surface area contributed by atoms with Gasteiger partial charge in [-0.15, -0.1) is 0 Å². The van der Waals surface area contributed by atoms with Crippen LogP contribution in [0, 0.1) is 11.3 Å². The Hall–Kier alpha value is -1.32. The monoisotopic (exact) mass is 478 g/mol. The minimum absolute atomic E-state index is 0.113. The average molecular weight is 479 g/mol. The standard InChI is InChI=1S/C30H54O4/c1-6-8-10-12-14-18-22-33-28(31)26(24-30(3,4)5)27(25-20-16-17-21-25)29(32)34-23-19-15-13-11-9-7-2/h25H,6-24H2,1-5H3. The molecule has 0 atom stereocenters. The molecule has 0 heterocycles. The molecule has 34 heavy (non-hydrogen) atoms. The van der Waals surface area contributed by atoms with E-state index >= 15 is 0 Å². The van der Waals surface area contributed by atoms with E-state index in [0.717, 1.165) is 51.4 Å². The molecule has 1 aliphatic rings. The Morgan fingerprint density at radius 2 is 1.12 bits per heavy atom. The van der Waals surface area contributed by atoms with E-state index in [0.29, 0.717) is 30.8 Å². The van der Waals surface area contributed by atoms with Crippen molar-refractivity contribution in [2.24, 2.45) is 11.3 Å². The predicted molar refractivity (Wildman–Crippen MR) is 142 cm³/mol. The fraction of sp³-hybridized carbons (Fsp3) is 0.867. The summed E-state index contributed by atoms with van der Waals surface area (Å²) in [6.45, 7) is 11.6. The van der Waals surface area contributed by atoms with Crippen LogP contribution in [0.15, 0.2) is 11.1 Å². The number of hydrogen-bond acceptors (Lipinski definition) is 4.